The molecular weight excluding hydrogens is 174 g/mol. The zero-order valence-corrected chi connectivity index (χ0v) is 8.29. The number of aliphatic imine (C=N–C) groups is 1. The van der Waals surface area contributed by atoms with Crippen LogP contribution < -0.4 is 0 Å². The maximum atomic E-state index is 5.70. The van der Waals surface area contributed by atoms with Crippen molar-refractivity contribution in [3.63, 3.8) is 0 Å². The van der Waals surface area contributed by atoms with Crippen molar-refractivity contribution in [3.05, 3.63) is 35.6 Å². The van der Waals surface area contributed by atoms with Gasteiger partial charge in [0.1, 0.15) is 11.3 Å². The van der Waals surface area contributed by atoms with Crippen LogP contribution in [0.3, 0.4) is 0 Å². The molecule has 1 aromatic carbocycles. The molecule has 0 atom stereocenters. The average molecular weight is 187 g/mol. The lowest BCUT2D eigenvalue weighted by Gasteiger charge is -1.94. The molecule has 0 N–H and O–H groups in total. The molecule has 0 aliphatic carbocycles. The minimum absolute atomic E-state index is 0.567. The van der Waals surface area contributed by atoms with Crippen molar-refractivity contribution in [3.8, 4) is 0 Å². The van der Waals surface area contributed by atoms with Crippen LogP contribution in [-0.2, 0) is 13.0 Å². The highest BCUT2D eigenvalue weighted by molar-refractivity contribution is 5.82. The fourth-order valence-corrected chi connectivity index (χ4v) is 1.77. The van der Waals surface area contributed by atoms with Crippen LogP contribution >= 0.6 is 0 Å². The molecule has 0 unspecified atom stereocenters. The molecule has 0 saturated heterocycles. The van der Waals surface area contributed by atoms with Crippen LogP contribution in [0.4, 0.5) is 0 Å². The van der Waals surface area contributed by atoms with Gasteiger partial charge in [-0.1, -0.05) is 25.1 Å². The maximum Gasteiger partial charge on any atom is 0.134 e. The Balaban J connectivity index is 2.65. The van der Waals surface area contributed by atoms with Gasteiger partial charge in [-0.3, -0.25) is 4.99 Å². The van der Waals surface area contributed by atoms with Crippen molar-refractivity contribution in [2.75, 3.05) is 0 Å². The smallest absolute Gasteiger partial charge is 0.134 e. The molecule has 0 radical (unpaired) electrons. The molecule has 0 aliphatic heterocycles. The SMILES string of the molecule is C=NCc1oc2ccccc2c1CC. The third-order valence-corrected chi connectivity index (χ3v) is 2.39. The van der Waals surface area contributed by atoms with E-state index >= 15 is 0 Å². The van der Waals surface area contributed by atoms with Crippen LogP contribution in [-0.4, -0.2) is 6.72 Å². The van der Waals surface area contributed by atoms with Gasteiger partial charge in [0.25, 0.3) is 0 Å². The number of hydrogen-bond acceptors (Lipinski definition) is 2. The van der Waals surface area contributed by atoms with E-state index in [4.69, 9.17) is 4.42 Å². The highest BCUT2D eigenvalue weighted by Gasteiger charge is 2.10. The van der Waals surface area contributed by atoms with E-state index in [1.54, 1.807) is 0 Å². The van der Waals surface area contributed by atoms with E-state index in [-0.39, 0.29) is 0 Å². The number of para-hydroxylation sites is 1. The summed E-state index contributed by atoms with van der Waals surface area (Å²) < 4.78 is 5.70. The zero-order chi connectivity index (χ0) is 9.97. The molecule has 2 rings (SSSR count). The maximum absolute atomic E-state index is 5.70. The van der Waals surface area contributed by atoms with Gasteiger partial charge >= 0.3 is 0 Å². The molecule has 0 fully saturated rings. The van der Waals surface area contributed by atoms with Crippen molar-refractivity contribution in [2.24, 2.45) is 4.99 Å². The summed E-state index contributed by atoms with van der Waals surface area (Å²) in [6.07, 6.45) is 0.974. The number of aryl methyl sites for hydroxylation is 1. The second kappa shape index (κ2) is 3.66. The molecule has 0 spiro atoms. The first kappa shape index (κ1) is 9.00. The third kappa shape index (κ3) is 1.33. The first-order valence-corrected chi connectivity index (χ1v) is 4.78. The van der Waals surface area contributed by atoms with Crippen LogP contribution in [0.5, 0.6) is 0 Å². The van der Waals surface area contributed by atoms with E-state index in [2.05, 4.69) is 24.7 Å². The Bertz CT molecular complexity index is 456. The fraction of sp³-hybridized carbons (Fsp3) is 0.250. The van der Waals surface area contributed by atoms with E-state index in [9.17, 15) is 0 Å². The van der Waals surface area contributed by atoms with Crippen molar-refractivity contribution in [1.82, 2.24) is 0 Å². The summed E-state index contributed by atoms with van der Waals surface area (Å²) in [5, 5.41) is 1.20. The van der Waals surface area contributed by atoms with E-state index in [0.29, 0.717) is 6.54 Å². The molecule has 14 heavy (non-hydrogen) atoms. The summed E-state index contributed by atoms with van der Waals surface area (Å²) in [6, 6.07) is 8.09. The Kier molecular flexibility index (Phi) is 2.35. The summed E-state index contributed by atoms with van der Waals surface area (Å²) in [5.74, 6) is 0.948. The number of hydrogen-bond donors (Lipinski definition) is 0. The molecule has 2 nitrogen and oxygen atoms in total. The summed E-state index contributed by atoms with van der Waals surface area (Å²) in [7, 11) is 0. The van der Waals surface area contributed by atoms with Gasteiger partial charge in [-0.15, -0.1) is 0 Å². The molecule has 2 aromatic rings. The molecule has 1 heterocycles. The lowest BCUT2D eigenvalue weighted by atomic mass is 10.1. The lowest BCUT2D eigenvalue weighted by molar-refractivity contribution is 0.547. The average Bonchev–Trinajstić information content (AvgIpc) is 2.55. The molecule has 0 aliphatic rings. The minimum atomic E-state index is 0.567. The molecular formula is C12H13NO. The number of furan rings is 1. The van der Waals surface area contributed by atoms with Crippen LogP contribution in [0.25, 0.3) is 11.0 Å². The monoisotopic (exact) mass is 187 g/mol. The third-order valence-electron chi connectivity index (χ3n) is 2.39. The first-order valence-electron chi connectivity index (χ1n) is 4.78. The number of benzene rings is 1. The van der Waals surface area contributed by atoms with Crippen LogP contribution in [0.1, 0.15) is 18.2 Å². The molecule has 0 saturated carbocycles. The van der Waals surface area contributed by atoms with E-state index in [1.165, 1.54) is 10.9 Å². The van der Waals surface area contributed by atoms with E-state index < -0.39 is 0 Å². The van der Waals surface area contributed by atoms with Gasteiger partial charge < -0.3 is 4.42 Å². The highest BCUT2D eigenvalue weighted by Crippen LogP contribution is 2.26. The number of nitrogens with zero attached hydrogens (tertiary/aromatic N) is 1. The lowest BCUT2D eigenvalue weighted by Crippen LogP contribution is -1.84. The van der Waals surface area contributed by atoms with Crippen LogP contribution in [0, 0.1) is 0 Å². The predicted molar refractivity (Wildman–Crippen MR) is 58.8 cm³/mol. The van der Waals surface area contributed by atoms with E-state index in [0.717, 1.165) is 17.8 Å². The van der Waals surface area contributed by atoms with Crippen LogP contribution in [0.2, 0.25) is 0 Å². The second-order valence-electron chi connectivity index (χ2n) is 3.24. The Morgan fingerprint density at radius 2 is 2.14 bits per heavy atom. The molecule has 0 amide bonds. The van der Waals surface area contributed by atoms with Crippen LogP contribution in [0.15, 0.2) is 33.7 Å². The summed E-state index contributed by atoms with van der Waals surface area (Å²) in [5.41, 5.74) is 2.20. The molecule has 1 aromatic heterocycles. The van der Waals surface area contributed by atoms with Gasteiger partial charge in [0.05, 0.1) is 6.54 Å². The quantitative estimate of drug-likeness (QED) is 0.677. The van der Waals surface area contributed by atoms with Gasteiger partial charge in [0, 0.05) is 10.9 Å². The second-order valence-corrected chi connectivity index (χ2v) is 3.24. The van der Waals surface area contributed by atoms with Gasteiger partial charge in [-0.2, -0.15) is 0 Å². The van der Waals surface area contributed by atoms with E-state index in [1.807, 2.05) is 18.2 Å². The summed E-state index contributed by atoms with van der Waals surface area (Å²) in [4.78, 5) is 3.87. The Morgan fingerprint density at radius 1 is 1.36 bits per heavy atom. The summed E-state index contributed by atoms with van der Waals surface area (Å²) >= 11 is 0. The number of fused-ring (bicyclic) bond motifs is 1. The first-order chi connectivity index (χ1) is 6.86. The Labute approximate surface area is 83.3 Å². The van der Waals surface area contributed by atoms with Crippen molar-refractivity contribution >= 4 is 17.7 Å². The Hall–Kier alpha value is -1.57. The van der Waals surface area contributed by atoms with Gasteiger partial charge in [0.15, 0.2) is 0 Å². The molecule has 2 heteroatoms. The van der Waals surface area contributed by atoms with Gasteiger partial charge in [-0.05, 0) is 19.2 Å². The van der Waals surface area contributed by atoms with Gasteiger partial charge in [-0.25, -0.2) is 0 Å². The normalized spacial score (nSPS) is 10.6. The highest BCUT2D eigenvalue weighted by atomic mass is 16.3. The standard InChI is InChI=1S/C12H13NO/c1-3-9-10-6-4-5-7-11(10)14-12(9)8-13-2/h4-7H,2-3,8H2,1H3. The van der Waals surface area contributed by atoms with Crippen molar-refractivity contribution < 1.29 is 4.42 Å². The van der Waals surface area contributed by atoms with Gasteiger partial charge in [0.2, 0.25) is 0 Å². The molecule has 72 valence electrons. The van der Waals surface area contributed by atoms with Crippen molar-refractivity contribution in [2.45, 2.75) is 19.9 Å². The Morgan fingerprint density at radius 3 is 2.86 bits per heavy atom. The zero-order valence-electron chi connectivity index (χ0n) is 8.29. The summed E-state index contributed by atoms with van der Waals surface area (Å²) in [6.45, 7) is 6.19. The van der Waals surface area contributed by atoms with Crippen molar-refractivity contribution in [1.29, 1.82) is 0 Å². The largest absolute Gasteiger partial charge is 0.459 e. The fourth-order valence-electron chi connectivity index (χ4n) is 1.77. The topological polar surface area (TPSA) is 25.5 Å². The predicted octanol–water partition coefficient (Wildman–Crippen LogP) is 3.20. The number of rotatable bonds is 3. The molecule has 0 bridgehead atoms. The minimum Gasteiger partial charge on any atom is -0.459 e.